The molecule has 0 unspecified atom stereocenters. The van der Waals surface area contributed by atoms with Crippen LogP contribution in [-0.2, 0) is 14.3 Å². The number of carboxylic acids is 1. The molecule has 2 fully saturated rings. The molecule has 1 N–H and O–H groups in total. The molecule has 2 aliphatic heterocycles. The van der Waals surface area contributed by atoms with Gasteiger partial charge in [0.25, 0.3) is 0 Å². The summed E-state index contributed by atoms with van der Waals surface area (Å²) in [7, 11) is 0. The molecule has 2 saturated heterocycles. The summed E-state index contributed by atoms with van der Waals surface area (Å²) in [5, 5.41) is 9.55. The lowest BCUT2D eigenvalue weighted by molar-refractivity contribution is -0.150. The van der Waals surface area contributed by atoms with Gasteiger partial charge in [-0.3, -0.25) is 4.79 Å². The van der Waals surface area contributed by atoms with Crippen LogP contribution in [0.4, 0.5) is 4.79 Å². The smallest absolute Gasteiger partial charge is 0.409 e. The van der Waals surface area contributed by atoms with Gasteiger partial charge in [-0.15, -0.1) is 0 Å². The van der Waals surface area contributed by atoms with Crippen LogP contribution in [0.2, 0.25) is 0 Å². The topological polar surface area (TPSA) is 76.1 Å². The van der Waals surface area contributed by atoms with E-state index in [1.54, 1.807) is 4.90 Å². The van der Waals surface area contributed by atoms with E-state index in [1.165, 1.54) is 11.1 Å². The number of aliphatic carboxylic acids is 1. The molecule has 0 spiro atoms. The van der Waals surface area contributed by atoms with Gasteiger partial charge >= 0.3 is 12.1 Å². The zero-order valence-electron chi connectivity index (χ0n) is 16.0. The lowest BCUT2D eigenvalue weighted by Crippen LogP contribution is -2.52. The number of carbonyl (C=O) groups excluding carboxylic acids is 1. The molecule has 0 bridgehead atoms. The minimum Gasteiger partial charge on any atom is -0.481 e. The standard InChI is InChI=1S/C23H23NO5/c25-22(26)19-12-24(11-14-9-10-28-21(14)19)23(27)29-13-20-17-7-3-1-5-15(17)16-6-2-4-8-18(16)20/h1-8,14,19-21H,9-13H2,(H,25,26)/t14-,19-,21-/m1/s1. The molecule has 1 amide bonds. The first-order valence-electron chi connectivity index (χ1n) is 10.1. The highest BCUT2D eigenvalue weighted by atomic mass is 16.6. The van der Waals surface area contributed by atoms with Crippen molar-refractivity contribution in [3.63, 3.8) is 0 Å². The van der Waals surface area contributed by atoms with Gasteiger partial charge in [0.05, 0.1) is 6.10 Å². The number of likely N-dealkylation sites (tertiary alicyclic amines) is 1. The van der Waals surface area contributed by atoms with Gasteiger partial charge in [0.15, 0.2) is 0 Å². The van der Waals surface area contributed by atoms with Crippen LogP contribution in [0.1, 0.15) is 23.5 Å². The van der Waals surface area contributed by atoms with Crippen molar-refractivity contribution < 1.29 is 24.2 Å². The highest BCUT2D eigenvalue weighted by Crippen LogP contribution is 2.44. The lowest BCUT2D eigenvalue weighted by Gasteiger charge is -2.37. The summed E-state index contributed by atoms with van der Waals surface area (Å²) in [5.74, 6) is -1.56. The Morgan fingerprint density at radius 1 is 1.03 bits per heavy atom. The first kappa shape index (κ1) is 18.2. The third-order valence-corrected chi connectivity index (χ3v) is 6.44. The van der Waals surface area contributed by atoms with E-state index in [-0.39, 0.29) is 31.1 Å². The molecule has 3 atom stereocenters. The molecule has 1 aliphatic carbocycles. The predicted octanol–water partition coefficient (Wildman–Crippen LogP) is 3.36. The summed E-state index contributed by atoms with van der Waals surface area (Å²) in [6.07, 6.45) is 0.0373. The molecule has 2 aromatic rings. The number of hydrogen-bond donors (Lipinski definition) is 1. The van der Waals surface area contributed by atoms with Crippen LogP contribution in [0, 0.1) is 11.8 Å². The van der Waals surface area contributed by atoms with Gasteiger partial charge in [0.2, 0.25) is 0 Å². The van der Waals surface area contributed by atoms with Gasteiger partial charge < -0.3 is 19.5 Å². The van der Waals surface area contributed by atoms with Crippen LogP contribution in [0.15, 0.2) is 48.5 Å². The van der Waals surface area contributed by atoms with Crippen LogP contribution in [0.5, 0.6) is 0 Å². The Morgan fingerprint density at radius 2 is 1.69 bits per heavy atom. The fourth-order valence-corrected chi connectivity index (χ4v) is 5.05. The fraction of sp³-hybridized carbons (Fsp3) is 0.391. The number of benzene rings is 2. The zero-order valence-corrected chi connectivity index (χ0v) is 16.0. The molecule has 3 aliphatic rings. The van der Waals surface area contributed by atoms with Crippen molar-refractivity contribution in [2.75, 3.05) is 26.3 Å². The first-order chi connectivity index (χ1) is 14.1. The highest BCUT2D eigenvalue weighted by molar-refractivity contribution is 5.79. The number of hydrogen-bond acceptors (Lipinski definition) is 4. The van der Waals surface area contributed by atoms with E-state index in [9.17, 15) is 14.7 Å². The fourth-order valence-electron chi connectivity index (χ4n) is 5.05. The SMILES string of the molecule is O=C(O)[C@@H]1CN(C(=O)OCC2c3ccccc3-c3ccccc32)C[C@H]2CCO[C@H]21. The summed E-state index contributed by atoms with van der Waals surface area (Å²) >= 11 is 0. The number of amides is 1. The average molecular weight is 393 g/mol. The Labute approximate surface area is 169 Å². The molecular formula is C23H23NO5. The van der Waals surface area contributed by atoms with Crippen molar-refractivity contribution in [3.05, 3.63) is 59.7 Å². The third-order valence-electron chi connectivity index (χ3n) is 6.44. The summed E-state index contributed by atoms with van der Waals surface area (Å²) in [6.45, 7) is 1.42. The van der Waals surface area contributed by atoms with Crippen molar-refractivity contribution in [2.24, 2.45) is 11.8 Å². The molecule has 0 saturated carbocycles. The molecule has 0 aromatic heterocycles. The highest BCUT2D eigenvalue weighted by Gasteiger charge is 2.46. The second-order valence-electron chi connectivity index (χ2n) is 8.04. The lowest BCUT2D eigenvalue weighted by atomic mass is 9.86. The maximum atomic E-state index is 12.8. The van der Waals surface area contributed by atoms with Gasteiger partial charge in [-0.1, -0.05) is 48.5 Å². The first-order valence-corrected chi connectivity index (χ1v) is 10.1. The van der Waals surface area contributed by atoms with E-state index < -0.39 is 18.0 Å². The van der Waals surface area contributed by atoms with Crippen molar-refractivity contribution in [3.8, 4) is 11.1 Å². The molecule has 2 aromatic carbocycles. The van der Waals surface area contributed by atoms with E-state index in [1.807, 2.05) is 24.3 Å². The summed E-state index contributed by atoms with van der Waals surface area (Å²) in [6, 6.07) is 16.4. The summed E-state index contributed by atoms with van der Waals surface area (Å²) < 4.78 is 11.3. The monoisotopic (exact) mass is 393 g/mol. The molecule has 6 nitrogen and oxygen atoms in total. The van der Waals surface area contributed by atoms with Crippen molar-refractivity contribution in [2.45, 2.75) is 18.4 Å². The van der Waals surface area contributed by atoms with Crippen LogP contribution in [-0.4, -0.2) is 54.5 Å². The van der Waals surface area contributed by atoms with Gasteiger partial charge in [0.1, 0.15) is 12.5 Å². The van der Waals surface area contributed by atoms with Crippen molar-refractivity contribution >= 4 is 12.1 Å². The second-order valence-corrected chi connectivity index (χ2v) is 8.04. The van der Waals surface area contributed by atoms with E-state index in [0.29, 0.717) is 13.2 Å². The van der Waals surface area contributed by atoms with E-state index in [0.717, 1.165) is 17.5 Å². The van der Waals surface area contributed by atoms with E-state index in [4.69, 9.17) is 9.47 Å². The Kier molecular flexibility index (Phi) is 4.51. The number of fused-ring (bicyclic) bond motifs is 4. The predicted molar refractivity (Wildman–Crippen MR) is 106 cm³/mol. The second kappa shape index (κ2) is 7.19. The van der Waals surface area contributed by atoms with Gasteiger partial charge in [-0.05, 0) is 28.7 Å². The van der Waals surface area contributed by atoms with Crippen LogP contribution in [0.25, 0.3) is 11.1 Å². The maximum absolute atomic E-state index is 12.8. The van der Waals surface area contributed by atoms with Crippen LogP contribution < -0.4 is 0 Å². The Morgan fingerprint density at radius 3 is 2.34 bits per heavy atom. The quantitative estimate of drug-likeness (QED) is 0.865. The molecule has 5 rings (SSSR count). The number of carbonyl (C=O) groups is 2. The van der Waals surface area contributed by atoms with Gasteiger partial charge in [-0.2, -0.15) is 0 Å². The molecule has 150 valence electrons. The minimum atomic E-state index is -0.918. The normalized spacial score (nSPS) is 25.2. The Bertz CT molecular complexity index is 912. The minimum absolute atomic E-state index is 0.00558. The van der Waals surface area contributed by atoms with Crippen molar-refractivity contribution in [1.82, 2.24) is 4.90 Å². The molecular weight excluding hydrogens is 370 g/mol. The molecule has 29 heavy (non-hydrogen) atoms. The molecule has 6 heteroatoms. The van der Waals surface area contributed by atoms with Crippen LogP contribution >= 0.6 is 0 Å². The maximum Gasteiger partial charge on any atom is 0.409 e. The largest absolute Gasteiger partial charge is 0.481 e. The number of carboxylic acid groups (broad SMARTS) is 1. The zero-order chi connectivity index (χ0) is 20.0. The number of piperidine rings is 1. The Balaban J connectivity index is 1.32. The summed E-state index contributed by atoms with van der Waals surface area (Å²) in [5.41, 5.74) is 4.68. The van der Waals surface area contributed by atoms with Gasteiger partial charge in [-0.25, -0.2) is 4.79 Å². The van der Waals surface area contributed by atoms with E-state index >= 15 is 0 Å². The number of nitrogens with zero attached hydrogens (tertiary/aromatic N) is 1. The average Bonchev–Trinajstić information content (AvgIpc) is 3.34. The number of ether oxygens (including phenoxy) is 2. The summed E-state index contributed by atoms with van der Waals surface area (Å²) in [4.78, 5) is 26.0. The Hall–Kier alpha value is -2.86. The molecule has 2 heterocycles. The van der Waals surface area contributed by atoms with Crippen LogP contribution in [0.3, 0.4) is 0 Å². The van der Waals surface area contributed by atoms with Crippen molar-refractivity contribution in [1.29, 1.82) is 0 Å². The third kappa shape index (κ3) is 3.08. The van der Waals surface area contributed by atoms with Gasteiger partial charge in [0, 0.05) is 31.5 Å². The molecule has 0 radical (unpaired) electrons. The van der Waals surface area contributed by atoms with E-state index in [2.05, 4.69) is 24.3 Å². The number of rotatable bonds is 3.